The van der Waals surface area contributed by atoms with Gasteiger partial charge < -0.3 is 0 Å². The first kappa shape index (κ1) is 19.6. The molecule has 0 radical (unpaired) electrons. The summed E-state index contributed by atoms with van der Waals surface area (Å²) in [5, 5.41) is 9.23. The number of aryl methyl sites for hydroxylation is 1. The average molecular weight is 414 g/mol. The van der Waals surface area contributed by atoms with E-state index in [4.69, 9.17) is 0 Å². The van der Waals surface area contributed by atoms with Gasteiger partial charge in [0, 0.05) is 17.4 Å². The maximum atomic E-state index is 14.2. The zero-order chi connectivity index (χ0) is 20.5. The van der Waals surface area contributed by atoms with Gasteiger partial charge in [-0.2, -0.15) is 0 Å². The van der Waals surface area contributed by atoms with E-state index < -0.39 is 16.9 Å². The largest absolute Gasteiger partial charge is 0.276 e. The minimum atomic E-state index is -0.487. The summed E-state index contributed by atoms with van der Waals surface area (Å²) in [4.78, 5) is 13.0. The van der Waals surface area contributed by atoms with Crippen LogP contribution in [0.15, 0.2) is 52.4 Å². The summed E-state index contributed by atoms with van der Waals surface area (Å²) in [6.07, 6.45) is 1.78. The third-order valence-corrected chi connectivity index (χ3v) is 5.97. The summed E-state index contributed by atoms with van der Waals surface area (Å²) in [5.41, 5.74) is 0.852. The second-order valence-corrected chi connectivity index (χ2v) is 8.18. The van der Waals surface area contributed by atoms with Gasteiger partial charge in [-0.05, 0) is 43.7 Å². The second kappa shape index (κ2) is 7.94. The van der Waals surface area contributed by atoms with E-state index in [-0.39, 0.29) is 11.1 Å². The van der Waals surface area contributed by atoms with Gasteiger partial charge in [0.05, 0.1) is 10.9 Å². The lowest BCUT2D eigenvalue weighted by Crippen LogP contribution is -2.23. The van der Waals surface area contributed by atoms with E-state index in [1.807, 2.05) is 22.6 Å². The van der Waals surface area contributed by atoms with Gasteiger partial charge in [-0.15, -0.1) is 10.2 Å². The predicted octanol–water partition coefficient (Wildman–Crippen LogP) is 4.98. The smallest absolute Gasteiger partial charge is 0.262 e. The molecule has 0 aliphatic rings. The van der Waals surface area contributed by atoms with Gasteiger partial charge in [-0.1, -0.05) is 37.2 Å². The molecule has 0 spiro atoms. The lowest BCUT2D eigenvalue weighted by Gasteiger charge is -2.13. The number of nitrogens with zero attached hydrogens (tertiary/aromatic N) is 4. The van der Waals surface area contributed by atoms with Gasteiger partial charge in [-0.3, -0.25) is 13.8 Å². The van der Waals surface area contributed by atoms with Crippen molar-refractivity contribution in [3.05, 3.63) is 70.0 Å². The fourth-order valence-electron chi connectivity index (χ4n) is 3.38. The highest BCUT2D eigenvalue weighted by Gasteiger charge is 2.20. The molecule has 0 saturated heterocycles. The van der Waals surface area contributed by atoms with Gasteiger partial charge in [0.1, 0.15) is 11.6 Å². The highest BCUT2D eigenvalue weighted by molar-refractivity contribution is 7.99. The maximum Gasteiger partial charge on any atom is 0.262 e. The molecule has 8 heteroatoms. The molecule has 2 aromatic carbocycles. The molecule has 1 unspecified atom stereocenters. The number of rotatable bonds is 6. The van der Waals surface area contributed by atoms with Crippen molar-refractivity contribution >= 4 is 28.4 Å². The van der Waals surface area contributed by atoms with E-state index >= 15 is 0 Å². The van der Waals surface area contributed by atoms with Crippen molar-refractivity contribution in [1.82, 2.24) is 19.2 Å². The normalized spacial score (nSPS) is 12.7. The van der Waals surface area contributed by atoms with Crippen LogP contribution < -0.4 is 5.56 Å². The van der Waals surface area contributed by atoms with Crippen molar-refractivity contribution in [2.45, 2.75) is 43.6 Å². The lowest BCUT2D eigenvalue weighted by molar-refractivity contribution is 0.586. The van der Waals surface area contributed by atoms with Crippen LogP contribution in [0.4, 0.5) is 8.78 Å². The van der Waals surface area contributed by atoms with Crippen LogP contribution in [0.3, 0.4) is 0 Å². The van der Waals surface area contributed by atoms with Gasteiger partial charge in [0.2, 0.25) is 5.78 Å². The molecule has 150 valence electrons. The number of hydrogen-bond acceptors (Lipinski definition) is 4. The predicted molar refractivity (Wildman–Crippen MR) is 110 cm³/mol. The number of fused-ring (bicyclic) bond motifs is 3. The number of hydrogen-bond donors (Lipinski definition) is 0. The van der Waals surface area contributed by atoms with Crippen LogP contribution in [-0.4, -0.2) is 19.2 Å². The number of aromatic nitrogens is 4. The summed E-state index contributed by atoms with van der Waals surface area (Å²) < 4.78 is 31.3. The van der Waals surface area contributed by atoms with Crippen LogP contribution in [0.2, 0.25) is 0 Å². The third kappa shape index (κ3) is 3.53. The molecule has 1 atom stereocenters. The van der Waals surface area contributed by atoms with Crippen molar-refractivity contribution in [3.63, 3.8) is 0 Å². The van der Waals surface area contributed by atoms with Crippen LogP contribution in [0.25, 0.3) is 16.7 Å². The Morgan fingerprint density at radius 2 is 1.93 bits per heavy atom. The number of halogens is 2. The Morgan fingerprint density at radius 3 is 2.72 bits per heavy atom. The molecule has 2 heterocycles. The number of unbranched alkanes of at least 4 members (excludes halogenated alkanes) is 1. The molecular formula is C21H20F2N4OS. The van der Waals surface area contributed by atoms with E-state index in [9.17, 15) is 13.6 Å². The first-order chi connectivity index (χ1) is 14.0. The minimum Gasteiger partial charge on any atom is -0.276 e. The third-order valence-electron chi connectivity index (χ3n) is 4.89. The molecule has 4 rings (SSSR count). The van der Waals surface area contributed by atoms with Crippen molar-refractivity contribution in [1.29, 1.82) is 0 Å². The highest BCUT2D eigenvalue weighted by Crippen LogP contribution is 2.36. The Morgan fingerprint density at radius 1 is 1.14 bits per heavy atom. The van der Waals surface area contributed by atoms with E-state index in [0.29, 0.717) is 28.4 Å². The Labute approximate surface area is 170 Å². The zero-order valence-electron chi connectivity index (χ0n) is 16.1. The first-order valence-electron chi connectivity index (χ1n) is 9.49. The monoisotopic (exact) mass is 414 g/mol. The molecule has 5 nitrogen and oxygen atoms in total. The van der Waals surface area contributed by atoms with Crippen LogP contribution >= 0.6 is 11.8 Å². The zero-order valence-corrected chi connectivity index (χ0v) is 16.9. The van der Waals surface area contributed by atoms with Crippen LogP contribution in [0.5, 0.6) is 0 Å². The fraction of sp³-hybridized carbons (Fsp3) is 0.286. The first-order valence-corrected chi connectivity index (χ1v) is 10.4. The van der Waals surface area contributed by atoms with E-state index in [1.165, 1.54) is 17.8 Å². The van der Waals surface area contributed by atoms with Crippen LogP contribution in [-0.2, 0) is 6.54 Å². The number of thioether (sulfide) groups is 1. The SMILES string of the molecule is CCCCn1c(=O)c2ccccc2n2c(SC(C)c3cc(F)ccc3F)nnc12. The fourth-order valence-corrected chi connectivity index (χ4v) is 4.37. The standard InChI is InChI=1S/C21H20F2N4OS/c1-3-4-11-26-19(28)15-7-5-6-8-18(15)27-20(26)24-25-21(27)29-13(2)16-12-14(22)9-10-17(16)23/h5-10,12-13H,3-4,11H2,1-2H3. The summed E-state index contributed by atoms with van der Waals surface area (Å²) in [7, 11) is 0. The summed E-state index contributed by atoms with van der Waals surface area (Å²) in [5.74, 6) is -0.500. The van der Waals surface area contributed by atoms with Gasteiger partial charge in [0.25, 0.3) is 5.56 Å². The average Bonchev–Trinajstić information content (AvgIpc) is 3.13. The molecule has 0 fully saturated rings. The maximum absolute atomic E-state index is 14.2. The summed E-state index contributed by atoms with van der Waals surface area (Å²) in [6, 6.07) is 10.7. The molecular weight excluding hydrogens is 394 g/mol. The van der Waals surface area contributed by atoms with Gasteiger partial charge in [-0.25, -0.2) is 8.78 Å². The van der Waals surface area contributed by atoms with E-state index in [0.717, 1.165) is 25.0 Å². The summed E-state index contributed by atoms with van der Waals surface area (Å²) >= 11 is 1.28. The van der Waals surface area contributed by atoms with Crippen molar-refractivity contribution in [2.24, 2.45) is 0 Å². The molecule has 0 N–H and O–H groups in total. The van der Waals surface area contributed by atoms with Crippen molar-refractivity contribution in [2.75, 3.05) is 0 Å². The molecule has 4 aromatic rings. The highest BCUT2D eigenvalue weighted by atomic mass is 32.2. The van der Waals surface area contributed by atoms with Gasteiger partial charge in [0.15, 0.2) is 5.16 Å². The Hall–Kier alpha value is -2.74. The van der Waals surface area contributed by atoms with Gasteiger partial charge >= 0.3 is 0 Å². The number of para-hydroxylation sites is 1. The molecule has 0 bridgehead atoms. The van der Waals surface area contributed by atoms with Crippen LogP contribution in [0, 0.1) is 11.6 Å². The molecule has 0 aliphatic carbocycles. The molecule has 0 saturated carbocycles. The van der Waals surface area contributed by atoms with Crippen molar-refractivity contribution in [3.8, 4) is 0 Å². The topological polar surface area (TPSA) is 52.2 Å². The molecule has 0 aliphatic heterocycles. The van der Waals surface area contributed by atoms with Crippen LogP contribution in [0.1, 0.15) is 37.5 Å². The van der Waals surface area contributed by atoms with E-state index in [1.54, 1.807) is 17.6 Å². The van der Waals surface area contributed by atoms with E-state index in [2.05, 4.69) is 17.1 Å². The molecule has 29 heavy (non-hydrogen) atoms. The quantitative estimate of drug-likeness (QED) is 0.418. The Bertz CT molecular complexity index is 1250. The Kier molecular flexibility index (Phi) is 5.36. The number of benzene rings is 2. The second-order valence-electron chi connectivity index (χ2n) is 6.87. The molecule has 0 amide bonds. The lowest BCUT2D eigenvalue weighted by atomic mass is 10.1. The Balaban J connectivity index is 1.87. The summed E-state index contributed by atoms with van der Waals surface area (Å²) in [6.45, 7) is 4.39. The minimum absolute atomic E-state index is 0.102. The molecule has 2 aromatic heterocycles. The van der Waals surface area contributed by atoms with Crippen molar-refractivity contribution < 1.29 is 8.78 Å².